The number of nitrogens with zero attached hydrogens (tertiary/aromatic N) is 2. The summed E-state index contributed by atoms with van der Waals surface area (Å²) in [6, 6.07) is 19.4. The second kappa shape index (κ2) is 7.45. The zero-order valence-corrected chi connectivity index (χ0v) is 15.3. The summed E-state index contributed by atoms with van der Waals surface area (Å²) in [4.78, 5) is 6.32. The molecule has 3 aromatic rings. The number of sulfonamides is 1. The Morgan fingerprint density at radius 2 is 1.62 bits per heavy atom. The van der Waals surface area contributed by atoms with Crippen molar-refractivity contribution in [1.29, 1.82) is 0 Å². The third-order valence-corrected chi connectivity index (χ3v) is 5.26. The summed E-state index contributed by atoms with van der Waals surface area (Å²) in [6.07, 6.45) is 1.62. The molecular formula is C19H19N3O3S. The molecular weight excluding hydrogens is 350 g/mol. The van der Waals surface area contributed by atoms with Crippen LogP contribution in [0.25, 0.3) is 0 Å². The highest BCUT2D eigenvalue weighted by molar-refractivity contribution is 7.92. The van der Waals surface area contributed by atoms with Gasteiger partial charge < -0.3 is 9.64 Å². The van der Waals surface area contributed by atoms with Crippen LogP contribution in [0, 0.1) is 0 Å². The molecule has 0 aliphatic carbocycles. The molecule has 0 spiro atoms. The van der Waals surface area contributed by atoms with Gasteiger partial charge in [-0.15, -0.1) is 0 Å². The Labute approximate surface area is 153 Å². The summed E-state index contributed by atoms with van der Waals surface area (Å²) in [5, 5.41) is 0. The number of nitrogens with one attached hydrogen (secondary N) is 1. The third-order valence-electron chi connectivity index (χ3n) is 3.89. The smallest absolute Gasteiger partial charge is 0.263 e. The fraction of sp³-hybridized carbons (Fsp3) is 0.105. The van der Waals surface area contributed by atoms with E-state index in [-0.39, 0.29) is 10.7 Å². The van der Waals surface area contributed by atoms with E-state index in [4.69, 9.17) is 4.74 Å². The van der Waals surface area contributed by atoms with E-state index in [1.54, 1.807) is 24.4 Å². The van der Waals surface area contributed by atoms with Gasteiger partial charge in [-0.3, -0.25) is 4.72 Å². The molecule has 0 unspecified atom stereocenters. The van der Waals surface area contributed by atoms with Gasteiger partial charge in [0.25, 0.3) is 10.0 Å². The summed E-state index contributed by atoms with van der Waals surface area (Å²) in [5.74, 6) is 0.849. The zero-order chi connectivity index (χ0) is 18.6. The van der Waals surface area contributed by atoms with Crippen LogP contribution in [0.15, 0.2) is 77.8 Å². The zero-order valence-electron chi connectivity index (χ0n) is 14.5. The van der Waals surface area contributed by atoms with Crippen molar-refractivity contribution in [3.05, 3.63) is 72.9 Å². The molecule has 1 N–H and O–H groups in total. The number of hydrogen-bond donors (Lipinski definition) is 1. The lowest BCUT2D eigenvalue weighted by molar-refractivity contribution is 0.414. The van der Waals surface area contributed by atoms with Gasteiger partial charge in [0.2, 0.25) is 0 Å². The van der Waals surface area contributed by atoms with Crippen molar-refractivity contribution in [3.63, 3.8) is 0 Å². The lowest BCUT2D eigenvalue weighted by Crippen LogP contribution is -2.14. The van der Waals surface area contributed by atoms with Crippen LogP contribution < -0.4 is 14.4 Å². The van der Waals surface area contributed by atoms with Gasteiger partial charge in [0, 0.05) is 12.7 Å². The van der Waals surface area contributed by atoms with Crippen molar-refractivity contribution in [2.45, 2.75) is 4.90 Å². The molecule has 0 aliphatic rings. The van der Waals surface area contributed by atoms with Crippen LogP contribution in [0.1, 0.15) is 0 Å². The standard InChI is InChI=1S/C19H19N3O3S/c1-22(15-6-4-3-5-7-15)16-8-13-19(20-14-16)21-26(23,24)18-11-9-17(25-2)10-12-18/h3-14H,1-2H3,(H,20,21). The van der Waals surface area contributed by atoms with Crippen molar-refractivity contribution in [1.82, 2.24) is 4.98 Å². The highest BCUT2D eigenvalue weighted by atomic mass is 32.2. The Morgan fingerprint density at radius 1 is 0.923 bits per heavy atom. The molecule has 0 bridgehead atoms. The first-order valence-corrected chi connectivity index (χ1v) is 9.39. The molecule has 0 fully saturated rings. The molecule has 6 nitrogen and oxygen atoms in total. The fourth-order valence-electron chi connectivity index (χ4n) is 2.40. The van der Waals surface area contributed by atoms with Crippen LogP contribution in [-0.4, -0.2) is 27.6 Å². The number of rotatable bonds is 6. The van der Waals surface area contributed by atoms with Gasteiger partial charge in [0.05, 0.1) is 23.9 Å². The lowest BCUT2D eigenvalue weighted by atomic mass is 10.3. The highest BCUT2D eigenvalue weighted by Crippen LogP contribution is 2.24. The van der Waals surface area contributed by atoms with E-state index < -0.39 is 10.0 Å². The Kier molecular flexibility index (Phi) is 5.09. The molecule has 1 heterocycles. The molecule has 3 rings (SSSR count). The van der Waals surface area contributed by atoms with E-state index >= 15 is 0 Å². The second-order valence-corrected chi connectivity index (χ2v) is 7.26. The predicted octanol–water partition coefficient (Wildman–Crippen LogP) is 3.66. The molecule has 1 aromatic heterocycles. The quantitative estimate of drug-likeness (QED) is 0.718. The summed E-state index contributed by atoms with van der Waals surface area (Å²) in [7, 11) is -0.254. The van der Waals surface area contributed by atoms with Crippen molar-refractivity contribution < 1.29 is 13.2 Å². The maximum atomic E-state index is 12.4. The topological polar surface area (TPSA) is 71.5 Å². The molecule has 0 aliphatic heterocycles. The highest BCUT2D eigenvalue weighted by Gasteiger charge is 2.15. The van der Waals surface area contributed by atoms with Crippen LogP contribution in [0.4, 0.5) is 17.2 Å². The first-order chi connectivity index (χ1) is 12.5. The number of hydrogen-bond acceptors (Lipinski definition) is 5. The second-order valence-electron chi connectivity index (χ2n) is 5.58. The minimum absolute atomic E-state index is 0.144. The van der Waals surface area contributed by atoms with E-state index in [2.05, 4.69) is 9.71 Å². The molecule has 0 amide bonds. The molecule has 2 aromatic carbocycles. The number of methoxy groups -OCH3 is 1. The number of pyridine rings is 1. The normalized spacial score (nSPS) is 11.0. The maximum Gasteiger partial charge on any atom is 0.263 e. The lowest BCUT2D eigenvalue weighted by Gasteiger charge is -2.19. The van der Waals surface area contributed by atoms with E-state index in [0.717, 1.165) is 11.4 Å². The molecule has 0 saturated carbocycles. The van der Waals surface area contributed by atoms with Gasteiger partial charge in [-0.2, -0.15) is 0 Å². The van der Waals surface area contributed by atoms with Gasteiger partial charge in [0.15, 0.2) is 0 Å². The number of anilines is 3. The van der Waals surface area contributed by atoms with Gasteiger partial charge in [-0.1, -0.05) is 18.2 Å². The van der Waals surface area contributed by atoms with Crippen LogP contribution in [0.5, 0.6) is 5.75 Å². The first-order valence-electron chi connectivity index (χ1n) is 7.91. The van der Waals surface area contributed by atoms with E-state index in [1.807, 2.05) is 48.3 Å². The predicted molar refractivity (Wildman–Crippen MR) is 103 cm³/mol. The number of ether oxygens (including phenoxy) is 1. The SMILES string of the molecule is COc1ccc(S(=O)(=O)Nc2ccc(N(C)c3ccccc3)cn2)cc1. The monoisotopic (exact) mass is 369 g/mol. The number of aromatic nitrogens is 1. The average Bonchev–Trinajstić information content (AvgIpc) is 2.68. The molecule has 0 atom stereocenters. The fourth-order valence-corrected chi connectivity index (χ4v) is 3.41. The van der Waals surface area contributed by atoms with Gasteiger partial charge in [0.1, 0.15) is 11.6 Å². The van der Waals surface area contributed by atoms with Gasteiger partial charge in [-0.25, -0.2) is 13.4 Å². The van der Waals surface area contributed by atoms with Crippen molar-refractivity contribution in [3.8, 4) is 5.75 Å². The number of para-hydroxylation sites is 1. The molecule has 0 radical (unpaired) electrons. The van der Waals surface area contributed by atoms with Crippen LogP contribution in [0.3, 0.4) is 0 Å². The van der Waals surface area contributed by atoms with Crippen LogP contribution in [0.2, 0.25) is 0 Å². The summed E-state index contributed by atoms with van der Waals surface area (Å²) < 4.78 is 32.4. The average molecular weight is 369 g/mol. The Balaban J connectivity index is 1.76. The Hall–Kier alpha value is -3.06. The van der Waals surface area contributed by atoms with Gasteiger partial charge >= 0.3 is 0 Å². The molecule has 0 saturated heterocycles. The third kappa shape index (κ3) is 3.94. The number of benzene rings is 2. The van der Waals surface area contributed by atoms with Crippen LogP contribution >= 0.6 is 0 Å². The van der Waals surface area contributed by atoms with Gasteiger partial charge in [-0.05, 0) is 48.5 Å². The van der Waals surface area contributed by atoms with Crippen molar-refractivity contribution >= 4 is 27.2 Å². The summed E-state index contributed by atoms with van der Waals surface area (Å²) in [5.41, 5.74) is 1.87. The molecule has 134 valence electrons. The first kappa shape index (κ1) is 17.8. The summed E-state index contributed by atoms with van der Waals surface area (Å²) >= 11 is 0. The molecule has 26 heavy (non-hydrogen) atoms. The van der Waals surface area contributed by atoms with Crippen molar-refractivity contribution in [2.24, 2.45) is 0 Å². The Bertz CT molecular complexity index is 957. The Morgan fingerprint density at radius 3 is 2.19 bits per heavy atom. The van der Waals surface area contributed by atoms with Crippen molar-refractivity contribution in [2.75, 3.05) is 23.8 Å². The minimum Gasteiger partial charge on any atom is -0.497 e. The largest absolute Gasteiger partial charge is 0.497 e. The van der Waals surface area contributed by atoms with Crippen LogP contribution in [-0.2, 0) is 10.0 Å². The molecule has 7 heteroatoms. The summed E-state index contributed by atoms with van der Waals surface area (Å²) in [6.45, 7) is 0. The van der Waals surface area contributed by atoms with E-state index in [0.29, 0.717) is 5.75 Å². The van der Waals surface area contributed by atoms with E-state index in [9.17, 15) is 8.42 Å². The maximum absolute atomic E-state index is 12.4. The minimum atomic E-state index is -3.71. The van der Waals surface area contributed by atoms with E-state index in [1.165, 1.54) is 19.2 Å².